The lowest BCUT2D eigenvalue weighted by Crippen LogP contribution is -2.11. The fourth-order valence-electron chi connectivity index (χ4n) is 3.04. The van der Waals surface area contributed by atoms with Gasteiger partial charge in [-0.3, -0.25) is 0 Å². The smallest absolute Gasteiger partial charge is 0.118 e. The Morgan fingerprint density at radius 2 is 1.81 bits per heavy atom. The number of rotatable bonds is 6. The third-order valence-electron chi connectivity index (χ3n) is 4.45. The van der Waals surface area contributed by atoms with E-state index in [-0.39, 0.29) is 6.10 Å². The van der Waals surface area contributed by atoms with E-state index in [0.717, 1.165) is 25.0 Å². The Hall–Kier alpha value is -1.80. The first-order valence-corrected chi connectivity index (χ1v) is 7.64. The summed E-state index contributed by atoms with van der Waals surface area (Å²) in [5.41, 5.74) is 2.62. The summed E-state index contributed by atoms with van der Waals surface area (Å²) in [5, 5.41) is 10.4. The molecule has 0 bridgehead atoms. The number of benzene rings is 2. The highest BCUT2D eigenvalue weighted by atomic mass is 16.5. The first-order chi connectivity index (χ1) is 10.3. The van der Waals surface area contributed by atoms with Crippen molar-refractivity contribution >= 4 is 0 Å². The van der Waals surface area contributed by atoms with E-state index >= 15 is 0 Å². The van der Waals surface area contributed by atoms with Crippen LogP contribution in [0.2, 0.25) is 0 Å². The van der Waals surface area contributed by atoms with Gasteiger partial charge in [-0.15, -0.1) is 0 Å². The van der Waals surface area contributed by atoms with Crippen molar-refractivity contribution < 1.29 is 9.84 Å². The predicted octanol–water partition coefficient (Wildman–Crippen LogP) is 3.79. The molecule has 1 N–H and O–H groups in total. The lowest BCUT2D eigenvalue weighted by Gasteiger charge is -2.11. The molecular weight excluding hydrogens is 260 g/mol. The minimum atomic E-state index is -0.197. The second kappa shape index (κ2) is 6.31. The van der Waals surface area contributed by atoms with Crippen LogP contribution >= 0.6 is 0 Å². The van der Waals surface area contributed by atoms with Crippen LogP contribution in [0.1, 0.15) is 29.9 Å². The van der Waals surface area contributed by atoms with Gasteiger partial charge in [-0.05, 0) is 54.4 Å². The lowest BCUT2D eigenvalue weighted by atomic mass is 10.0. The van der Waals surface area contributed by atoms with Crippen molar-refractivity contribution in [1.82, 2.24) is 0 Å². The molecule has 3 rings (SSSR count). The number of aryl methyl sites for hydroxylation is 1. The van der Waals surface area contributed by atoms with Crippen molar-refractivity contribution in [1.29, 1.82) is 0 Å². The SMILES string of the molecule is COc1ccc(CCC(O)C2CC2c2ccccc2)cc1. The molecule has 0 aliphatic heterocycles. The summed E-state index contributed by atoms with van der Waals surface area (Å²) in [7, 11) is 1.68. The third kappa shape index (κ3) is 3.45. The van der Waals surface area contributed by atoms with Gasteiger partial charge in [0, 0.05) is 0 Å². The van der Waals surface area contributed by atoms with E-state index in [1.165, 1.54) is 11.1 Å². The summed E-state index contributed by atoms with van der Waals surface area (Å²) in [4.78, 5) is 0. The van der Waals surface area contributed by atoms with Crippen molar-refractivity contribution in [2.45, 2.75) is 31.3 Å². The molecule has 1 fully saturated rings. The first-order valence-electron chi connectivity index (χ1n) is 7.64. The van der Waals surface area contributed by atoms with E-state index in [9.17, 15) is 5.11 Å². The Balaban J connectivity index is 1.50. The van der Waals surface area contributed by atoms with Crippen molar-refractivity contribution in [3.63, 3.8) is 0 Å². The van der Waals surface area contributed by atoms with Gasteiger partial charge in [-0.25, -0.2) is 0 Å². The maximum atomic E-state index is 10.4. The van der Waals surface area contributed by atoms with E-state index < -0.39 is 0 Å². The summed E-state index contributed by atoms with van der Waals surface area (Å²) >= 11 is 0. The van der Waals surface area contributed by atoms with Gasteiger partial charge in [0.2, 0.25) is 0 Å². The summed E-state index contributed by atoms with van der Waals surface area (Å²) in [5.74, 6) is 1.87. The van der Waals surface area contributed by atoms with Crippen LogP contribution < -0.4 is 4.74 Å². The zero-order valence-corrected chi connectivity index (χ0v) is 12.4. The average Bonchev–Trinajstić information content (AvgIpc) is 3.35. The minimum Gasteiger partial charge on any atom is -0.497 e. The summed E-state index contributed by atoms with van der Waals surface area (Å²) in [6, 6.07) is 18.6. The molecule has 110 valence electrons. The zero-order chi connectivity index (χ0) is 14.7. The highest BCUT2D eigenvalue weighted by molar-refractivity contribution is 5.28. The molecule has 1 saturated carbocycles. The van der Waals surface area contributed by atoms with Gasteiger partial charge in [-0.1, -0.05) is 42.5 Å². The molecule has 0 spiro atoms. The maximum absolute atomic E-state index is 10.4. The second-order valence-electron chi connectivity index (χ2n) is 5.87. The van der Waals surface area contributed by atoms with E-state index in [2.05, 4.69) is 36.4 Å². The van der Waals surface area contributed by atoms with Gasteiger partial charge in [0.05, 0.1) is 13.2 Å². The van der Waals surface area contributed by atoms with Crippen LogP contribution in [-0.4, -0.2) is 18.3 Å². The molecule has 3 atom stereocenters. The predicted molar refractivity (Wildman–Crippen MR) is 84.6 cm³/mol. The van der Waals surface area contributed by atoms with E-state index in [0.29, 0.717) is 11.8 Å². The number of ether oxygens (including phenoxy) is 1. The van der Waals surface area contributed by atoms with Gasteiger partial charge in [0.25, 0.3) is 0 Å². The van der Waals surface area contributed by atoms with Crippen LogP contribution in [0.5, 0.6) is 5.75 Å². The average molecular weight is 282 g/mol. The van der Waals surface area contributed by atoms with Crippen molar-refractivity contribution in [2.24, 2.45) is 5.92 Å². The molecule has 2 aromatic rings. The molecule has 3 unspecified atom stereocenters. The van der Waals surface area contributed by atoms with Gasteiger partial charge < -0.3 is 9.84 Å². The molecule has 2 nitrogen and oxygen atoms in total. The minimum absolute atomic E-state index is 0.197. The molecule has 0 heterocycles. The standard InChI is InChI=1S/C19H22O2/c1-21-16-10-7-14(8-11-16)9-12-19(20)18-13-17(18)15-5-3-2-4-6-15/h2-8,10-11,17-20H,9,12-13H2,1H3. The van der Waals surface area contributed by atoms with Crippen LogP contribution in [0.15, 0.2) is 54.6 Å². The monoisotopic (exact) mass is 282 g/mol. The number of methoxy groups -OCH3 is 1. The molecule has 2 heteroatoms. The van der Waals surface area contributed by atoms with Crippen LogP contribution in [0.3, 0.4) is 0 Å². The Morgan fingerprint density at radius 3 is 2.48 bits per heavy atom. The number of hydrogen-bond acceptors (Lipinski definition) is 2. The van der Waals surface area contributed by atoms with E-state index in [1.54, 1.807) is 7.11 Å². The second-order valence-corrected chi connectivity index (χ2v) is 5.87. The molecule has 21 heavy (non-hydrogen) atoms. The van der Waals surface area contributed by atoms with Crippen LogP contribution in [-0.2, 0) is 6.42 Å². The van der Waals surface area contributed by atoms with Gasteiger partial charge in [0.1, 0.15) is 5.75 Å². The van der Waals surface area contributed by atoms with Crippen molar-refractivity contribution in [2.75, 3.05) is 7.11 Å². The maximum Gasteiger partial charge on any atom is 0.118 e. The first kappa shape index (κ1) is 14.2. The van der Waals surface area contributed by atoms with Gasteiger partial charge in [-0.2, -0.15) is 0 Å². The summed E-state index contributed by atoms with van der Waals surface area (Å²) in [6.45, 7) is 0. The fourth-order valence-corrected chi connectivity index (χ4v) is 3.04. The Bertz CT molecular complexity index is 562. The molecule has 0 amide bonds. The molecule has 0 saturated heterocycles. The van der Waals surface area contributed by atoms with Gasteiger partial charge >= 0.3 is 0 Å². The van der Waals surface area contributed by atoms with E-state index in [4.69, 9.17) is 4.74 Å². The van der Waals surface area contributed by atoms with Gasteiger partial charge in [0.15, 0.2) is 0 Å². The van der Waals surface area contributed by atoms with Crippen molar-refractivity contribution in [3.05, 3.63) is 65.7 Å². The van der Waals surface area contributed by atoms with Crippen LogP contribution in [0.25, 0.3) is 0 Å². The number of aliphatic hydroxyl groups excluding tert-OH is 1. The highest BCUT2D eigenvalue weighted by Gasteiger charge is 2.42. The topological polar surface area (TPSA) is 29.5 Å². The molecule has 0 aromatic heterocycles. The van der Waals surface area contributed by atoms with Crippen molar-refractivity contribution in [3.8, 4) is 5.75 Å². The molecule has 1 aliphatic carbocycles. The largest absolute Gasteiger partial charge is 0.497 e. The fraction of sp³-hybridized carbons (Fsp3) is 0.368. The third-order valence-corrected chi connectivity index (χ3v) is 4.45. The Kier molecular flexibility index (Phi) is 4.26. The highest BCUT2D eigenvalue weighted by Crippen LogP contribution is 2.50. The molecule has 2 aromatic carbocycles. The Labute approximate surface area is 126 Å². The number of hydrogen-bond donors (Lipinski definition) is 1. The molecule has 1 aliphatic rings. The zero-order valence-electron chi connectivity index (χ0n) is 12.4. The summed E-state index contributed by atoms with van der Waals surface area (Å²) < 4.78 is 5.16. The lowest BCUT2D eigenvalue weighted by molar-refractivity contribution is 0.139. The van der Waals surface area contributed by atoms with Crippen LogP contribution in [0.4, 0.5) is 0 Å². The molecule has 0 radical (unpaired) electrons. The summed E-state index contributed by atoms with van der Waals surface area (Å²) in [6.07, 6.45) is 2.68. The van der Waals surface area contributed by atoms with E-state index in [1.807, 2.05) is 18.2 Å². The number of aliphatic hydroxyl groups is 1. The molecular formula is C19H22O2. The normalized spacial score (nSPS) is 21.8. The quantitative estimate of drug-likeness (QED) is 0.873. The van der Waals surface area contributed by atoms with Crippen LogP contribution in [0, 0.1) is 5.92 Å². The Morgan fingerprint density at radius 1 is 1.10 bits per heavy atom.